The lowest BCUT2D eigenvalue weighted by Crippen LogP contribution is -2.36. The lowest BCUT2D eigenvalue weighted by molar-refractivity contribution is 0.117. The monoisotopic (exact) mass is 224 g/mol. The Balaban J connectivity index is 2.08. The summed E-state index contributed by atoms with van der Waals surface area (Å²) < 4.78 is 16.4. The van der Waals surface area contributed by atoms with Crippen molar-refractivity contribution in [2.75, 3.05) is 13.2 Å². The summed E-state index contributed by atoms with van der Waals surface area (Å²) in [6.45, 7) is 2.86. The maximum Gasteiger partial charge on any atom is 0.204 e. The molecule has 0 aromatic heterocycles. The van der Waals surface area contributed by atoms with Crippen LogP contribution < -0.4 is 9.47 Å². The van der Waals surface area contributed by atoms with E-state index in [4.69, 9.17) is 26.4 Å². The molecule has 0 bridgehead atoms. The summed E-state index contributed by atoms with van der Waals surface area (Å²) in [5.41, 5.74) is 0. The van der Waals surface area contributed by atoms with Gasteiger partial charge in [-0.2, -0.15) is 0 Å². The molecule has 0 saturated heterocycles. The highest BCUT2D eigenvalue weighted by molar-refractivity contribution is 7.80. The number of benzene rings is 1. The van der Waals surface area contributed by atoms with E-state index in [1.807, 2.05) is 31.2 Å². The van der Waals surface area contributed by atoms with E-state index in [0.717, 1.165) is 11.5 Å². The number of ether oxygens (including phenoxy) is 3. The predicted molar refractivity (Wildman–Crippen MR) is 60.6 cm³/mol. The van der Waals surface area contributed by atoms with E-state index < -0.39 is 0 Å². The van der Waals surface area contributed by atoms with Gasteiger partial charge in [-0.15, -0.1) is 0 Å². The molecule has 0 spiro atoms. The average Bonchev–Trinajstić information content (AvgIpc) is 2.29. The van der Waals surface area contributed by atoms with Gasteiger partial charge >= 0.3 is 0 Å². The molecular formula is C11H12O3S. The summed E-state index contributed by atoms with van der Waals surface area (Å²) in [6.07, 6.45) is -0.283. The van der Waals surface area contributed by atoms with E-state index in [2.05, 4.69) is 0 Å². The van der Waals surface area contributed by atoms with Crippen molar-refractivity contribution >= 4 is 17.3 Å². The summed E-state index contributed by atoms with van der Waals surface area (Å²) in [5.74, 6) is 1.48. The Morgan fingerprint density at radius 2 is 2.20 bits per heavy atom. The molecule has 1 aromatic rings. The van der Waals surface area contributed by atoms with Gasteiger partial charge in [0, 0.05) is 0 Å². The van der Waals surface area contributed by atoms with Crippen LogP contribution >= 0.6 is 12.2 Å². The zero-order valence-electron chi connectivity index (χ0n) is 8.43. The highest BCUT2D eigenvalue weighted by atomic mass is 32.1. The van der Waals surface area contributed by atoms with Gasteiger partial charge < -0.3 is 14.2 Å². The van der Waals surface area contributed by atoms with Crippen LogP contribution in [0.2, 0.25) is 0 Å². The molecule has 1 atom stereocenters. The highest BCUT2D eigenvalue weighted by Crippen LogP contribution is 2.31. The minimum absolute atomic E-state index is 0.283. The number of hydrogen-bond acceptors (Lipinski definition) is 4. The predicted octanol–water partition coefficient (Wildman–Crippen LogP) is 2.19. The third kappa shape index (κ3) is 2.21. The van der Waals surface area contributed by atoms with Crippen LogP contribution in [0.15, 0.2) is 24.3 Å². The van der Waals surface area contributed by atoms with Gasteiger partial charge in [0.05, 0.1) is 6.61 Å². The fraction of sp³-hybridized carbons (Fsp3) is 0.364. The summed E-state index contributed by atoms with van der Waals surface area (Å²) in [5, 5.41) is 0.451. The molecule has 0 radical (unpaired) electrons. The topological polar surface area (TPSA) is 27.7 Å². The van der Waals surface area contributed by atoms with Gasteiger partial charge in [0.1, 0.15) is 6.61 Å². The normalized spacial score (nSPS) is 18.3. The van der Waals surface area contributed by atoms with Crippen molar-refractivity contribution in [3.63, 3.8) is 0 Å². The fourth-order valence-electron chi connectivity index (χ4n) is 1.37. The molecule has 3 nitrogen and oxygen atoms in total. The molecule has 0 N–H and O–H groups in total. The van der Waals surface area contributed by atoms with Gasteiger partial charge in [-0.05, 0) is 31.3 Å². The van der Waals surface area contributed by atoms with Gasteiger partial charge in [-0.25, -0.2) is 0 Å². The van der Waals surface area contributed by atoms with Crippen molar-refractivity contribution in [1.29, 1.82) is 0 Å². The van der Waals surface area contributed by atoms with Crippen molar-refractivity contribution in [2.24, 2.45) is 0 Å². The zero-order valence-corrected chi connectivity index (χ0v) is 9.25. The first-order valence-corrected chi connectivity index (χ1v) is 5.27. The lowest BCUT2D eigenvalue weighted by atomic mass is 10.3. The molecular weight excluding hydrogens is 212 g/mol. The van der Waals surface area contributed by atoms with E-state index in [-0.39, 0.29) is 6.10 Å². The molecule has 0 amide bonds. The van der Waals surface area contributed by atoms with Crippen LogP contribution in [0, 0.1) is 0 Å². The molecule has 1 heterocycles. The maximum atomic E-state index is 5.66. The van der Waals surface area contributed by atoms with Crippen LogP contribution in [0.25, 0.3) is 0 Å². The van der Waals surface area contributed by atoms with Crippen LogP contribution in [-0.2, 0) is 4.74 Å². The number of hydrogen-bond donors (Lipinski definition) is 0. The molecule has 0 saturated carbocycles. The second-order valence-electron chi connectivity index (χ2n) is 3.12. The maximum absolute atomic E-state index is 5.66. The van der Waals surface area contributed by atoms with Crippen LogP contribution in [-0.4, -0.2) is 24.4 Å². The number of fused-ring (bicyclic) bond motifs is 1. The van der Waals surface area contributed by atoms with E-state index in [9.17, 15) is 0 Å². The summed E-state index contributed by atoms with van der Waals surface area (Å²) >= 11 is 5.07. The molecule has 2 rings (SSSR count). The zero-order chi connectivity index (χ0) is 10.7. The lowest BCUT2D eigenvalue weighted by Gasteiger charge is -2.26. The molecule has 80 valence electrons. The number of para-hydroxylation sites is 2. The molecule has 1 aliphatic rings. The van der Waals surface area contributed by atoms with Gasteiger partial charge in [0.15, 0.2) is 17.6 Å². The summed E-state index contributed by atoms with van der Waals surface area (Å²) in [7, 11) is 0. The Kier molecular flexibility index (Phi) is 3.06. The third-order valence-electron chi connectivity index (χ3n) is 2.06. The van der Waals surface area contributed by atoms with Gasteiger partial charge in [-0.1, -0.05) is 12.1 Å². The number of thiocarbonyl (C=S) groups is 1. The van der Waals surface area contributed by atoms with Crippen molar-refractivity contribution in [3.05, 3.63) is 24.3 Å². The minimum Gasteiger partial charge on any atom is -0.485 e. The van der Waals surface area contributed by atoms with E-state index in [1.165, 1.54) is 0 Å². The molecule has 0 fully saturated rings. The van der Waals surface area contributed by atoms with E-state index in [1.54, 1.807) is 0 Å². The Morgan fingerprint density at radius 1 is 1.47 bits per heavy atom. The van der Waals surface area contributed by atoms with Gasteiger partial charge in [0.25, 0.3) is 0 Å². The largest absolute Gasteiger partial charge is 0.485 e. The van der Waals surface area contributed by atoms with Crippen LogP contribution in [0.3, 0.4) is 0 Å². The average molecular weight is 224 g/mol. The van der Waals surface area contributed by atoms with Crippen molar-refractivity contribution < 1.29 is 14.2 Å². The van der Waals surface area contributed by atoms with Gasteiger partial charge in [0.2, 0.25) is 5.05 Å². The first-order chi connectivity index (χ1) is 7.31. The Morgan fingerprint density at radius 3 is 2.93 bits per heavy atom. The first kappa shape index (κ1) is 10.2. The molecule has 1 aromatic carbocycles. The highest BCUT2D eigenvalue weighted by Gasteiger charge is 2.25. The van der Waals surface area contributed by atoms with Crippen molar-refractivity contribution in [2.45, 2.75) is 13.0 Å². The van der Waals surface area contributed by atoms with Gasteiger partial charge in [-0.3, -0.25) is 0 Å². The van der Waals surface area contributed by atoms with Crippen LogP contribution in [0.4, 0.5) is 0 Å². The van der Waals surface area contributed by atoms with E-state index >= 15 is 0 Å². The second kappa shape index (κ2) is 4.49. The molecule has 4 heteroatoms. The SMILES string of the molecule is CCOC(=S)C1COc2ccccc2O1. The molecule has 15 heavy (non-hydrogen) atoms. The molecule has 0 aliphatic carbocycles. The van der Waals surface area contributed by atoms with Crippen molar-refractivity contribution in [1.82, 2.24) is 0 Å². The van der Waals surface area contributed by atoms with Crippen molar-refractivity contribution in [3.8, 4) is 11.5 Å². The van der Waals surface area contributed by atoms with Crippen LogP contribution in [0.1, 0.15) is 6.92 Å². The minimum atomic E-state index is -0.283. The Bertz CT molecular complexity index is 365. The third-order valence-corrected chi connectivity index (χ3v) is 2.44. The summed E-state index contributed by atoms with van der Waals surface area (Å²) in [4.78, 5) is 0. The quantitative estimate of drug-likeness (QED) is 0.720. The number of rotatable bonds is 2. The molecule has 1 unspecified atom stereocenters. The smallest absolute Gasteiger partial charge is 0.204 e. The van der Waals surface area contributed by atoms with Crippen LogP contribution in [0.5, 0.6) is 11.5 Å². The molecule has 1 aliphatic heterocycles. The second-order valence-corrected chi connectivity index (χ2v) is 3.52. The Labute approximate surface area is 93.9 Å². The van der Waals surface area contributed by atoms with E-state index in [0.29, 0.717) is 18.3 Å². The fourth-order valence-corrected chi connectivity index (χ4v) is 1.60. The summed E-state index contributed by atoms with van der Waals surface area (Å²) in [6, 6.07) is 7.53. The standard InChI is InChI=1S/C11H12O3S/c1-2-12-11(15)10-7-13-8-5-3-4-6-9(8)14-10/h3-6,10H,2,7H2,1H3. The Hall–Kier alpha value is -1.29. The first-order valence-electron chi connectivity index (χ1n) is 4.86.